The number of hydrogen-bond acceptors (Lipinski definition) is 6. The van der Waals surface area contributed by atoms with Crippen molar-refractivity contribution < 1.29 is 31.7 Å². The van der Waals surface area contributed by atoms with E-state index in [1.54, 1.807) is 29.2 Å². The van der Waals surface area contributed by atoms with E-state index in [0.29, 0.717) is 43.9 Å². The zero-order chi connectivity index (χ0) is 30.6. The Bertz CT molecular complexity index is 1600. The highest BCUT2D eigenvalue weighted by atomic mass is 19.4. The minimum atomic E-state index is -4.49. The molecule has 1 fully saturated rings. The Balaban J connectivity index is 1.20. The van der Waals surface area contributed by atoms with Gasteiger partial charge in [-0.25, -0.2) is 4.39 Å². The summed E-state index contributed by atoms with van der Waals surface area (Å²) in [6.45, 7) is 3.97. The highest BCUT2D eigenvalue weighted by molar-refractivity contribution is 5.87. The molecule has 1 aromatic heterocycles. The Morgan fingerprint density at radius 2 is 1.67 bits per heavy atom. The molecule has 1 atom stereocenters. The molecule has 2 amide bonds. The van der Waals surface area contributed by atoms with Crippen molar-refractivity contribution in [2.45, 2.75) is 32.1 Å². The number of nitrogens with zero attached hydrogens (tertiary/aromatic N) is 4. The van der Waals surface area contributed by atoms with E-state index >= 15 is 0 Å². The molecule has 1 saturated heterocycles. The van der Waals surface area contributed by atoms with Crippen LogP contribution in [0.25, 0.3) is 22.8 Å². The van der Waals surface area contributed by atoms with Gasteiger partial charge in [0.05, 0.1) is 5.56 Å². The predicted molar refractivity (Wildman–Crippen MR) is 150 cm³/mol. The molecular formula is C31H29F4N5O3. The summed E-state index contributed by atoms with van der Waals surface area (Å²) in [7, 11) is 0. The smallest absolute Gasteiger partial charge is 0.344 e. The molecule has 1 aliphatic heterocycles. The van der Waals surface area contributed by atoms with Crippen LogP contribution in [0.5, 0.6) is 0 Å². The monoisotopic (exact) mass is 595 g/mol. The number of amides is 2. The molecule has 5 rings (SSSR count). The van der Waals surface area contributed by atoms with Crippen molar-refractivity contribution in [1.29, 1.82) is 0 Å². The van der Waals surface area contributed by atoms with Gasteiger partial charge in [-0.15, -0.1) is 0 Å². The molecule has 0 bridgehead atoms. The van der Waals surface area contributed by atoms with E-state index in [4.69, 9.17) is 4.52 Å². The van der Waals surface area contributed by atoms with E-state index in [0.717, 1.165) is 17.7 Å². The number of alkyl halides is 3. The number of rotatable bonds is 8. The van der Waals surface area contributed by atoms with Gasteiger partial charge in [0.1, 0.15) is 11.9 Å². The Hall–Kier alpha value is -4.58. The summed E-state index contributed by atoms with van der Waals surface area (Å²) < 4.78 is 58.8. The van der Waals surface area contributed by atoms with Crippen LogP contribution in [0.15, 0.2) is 77.3 Å². The molecule has 1 aliphatic rings. The van der Waals surface area contributed by atoms with Gasteiger partial charge in [0.25, 0.3) is 5.89 Å². The second-order valence-electron chi connectivity index (χ2n) is 10.4. The van der Waals surface area contributed by atoms with E-state index in [2.05, 4.69) is 20.4 Å². The third-order valence-corrected chi connectivity index (χ3v) is 7.20. The summed E-state index contributed by atoms with van der Waals surface area (Å²) in [6, 6.07) is 17.5. The van der Waals surface area contributed by atoms with Crippen LogP contribution in [-0.4, -0.2) is 64.0 Å². The van der Waals surface area contributed by atoms with E-state index in [9.17, 15) is 27.2 Å². The Kier molecular flexibility index (Phi) is 8.86. The number of nitrogens with one attached hydrogen (secondary N) is 1. The van der Waals surface area contributed by atoms with E-state index in [1.165, 1.54) is 25.1 Å². The number of halogens is 4. The molecule has 1 N–H and O–H groups in total. The molecule has 0 saturated carbocycles. The lowest BCUT2D eigenvalue weighted by atomic mass is 10.0. The standard InChI is InChI=1S/C31H29F4N5O3/c1-20(41)36-27(18-22-7-2-3-11-26(22)32)30(42)40-14-12-39(13-15-40)19-21-6-4-8-23(16-21)28-37-29(43-38-28)24-9-5-10-25(17-24)31(33,34)35/h2-11,16-17,27H,12-15,18-19H2,1H3,(H,36,41)/t27-/m1/s1. The quantitative estimate of drug-likeness (QED) is 0.290. The van der Waals surface area contributed by atoms with Crippen LogP contribution in [0.1, 0.15) is 23.6 Å². The van der Waals surface area contributed by atoms with Crippen molar-refractivity contribution in [2.75, 3.05) is 26.2 Å². The van der Waals surface area contributed by atoms with Gasteiger partial charge in [0, 0.05) is 57.2 Å². The first kappa shape index (κ1) is 29.9. The summed E-state index contributed by atoms with van der Waals surface area (Å²) >= 11 is 0. The van der Waals surface area contributed by atoms with Crippen LogP contribution in [0, 0.1) is 5.82 Å². The molecule has 0 unspecified atom stereocenters. The topological polar surface area (TPSA) is 91.6 Å². The van der Waals surface area contributed by atoms with Gasteiger partial charge in [-0.1, -0.05) is 47.6 Å². The molecule has 2 heterocycles. The third kappa shape index (κ3) is 7.44. The fourth-order valence-corrected chi connectivity index (χ4v) is 5.03. The summed E-state index contributed by atoms with van der Waals surface area (Å²) in [5.41, 5.74) is 1.34. The Morgan fingerprint density at radius 3 is 2.40 bits per heavy atom. The first-order valence-corrected chi connectivity index (χ1v) is 13.7. The summed E-state index contributed by atoms with van der Waals surface area (Å²) in [5.74, 6) is -0.806. The van der Waals surface area contributed by atoms with Crippen molar-refractivity contribution in [3.63, 3.8) is 0 Å². The predicted octanol–water partition coefficient (Wildman–Crippen LogP) is 4.95. The second kappa shape index (κ2) is 12.7. The average molecular weight is 596 g/mol. The molecule has 0 spiro atoms. The molecule has 224 valence electrons. The lowest BCUT2D eigenvalue weighted by molar-refractivity contribution is -0.138. The second-order valence-corrected chi connectivity index (χ2v) is 10.4. The minimum Gasteiger partial charge on any atom is -0.344 e. The normalized spacial score (nSPS) is 14.9. The van der Waals surface area contributed by atoms with Crippen LogP contribution >= 0.6 is 0 Å². The van der Waals surface area contributed by atoms with Crippen LogP contribution in [0.3, 0.4) is 0 Å². The Morgan fingerprint density at radius 1 is 0.953 bits per heavy atom. The highest BCUT2D eigenvalue weighted by Gasteiger charge is 2.31. The molecule has 8 nitrogen and oxygen atoms in total. The van der Waals surface area contributed by atoms with Crippen LogP contribution < -0.4 is 5.32 Å². The van der Waals surface area contributed by atoms with Gasteiger partial charge in [-0.2, -0.15) is 18.2 Å². The summed E-state index contributed by atoms with van der Waals surface area (Å²) in [5, 5.41) is 6.63. The van der Waals surface area contributed by atoms with Crippen LogP contribution in [-0.2, 0) is 28.7 Å². The fraction of sp³-hybridized carbons (Fsp3) is 0.290. The van der Waals surface area contributed by atoms with Gasteiger partial charge in [-0.05, 0) is 41.5 Å². The van der Waals surface area contributed by atoms with Crippen LogP contribution in [0.4, 0.5) is 17.6 Å². The third-order valence-electron chi connectivity index (χ3n) is 7.20. The maximum Gasteiger partial charge on any atom is 0.416 e. The number of aromatic nitrogens is 2. The summed E-state index contributed by atoms with van der Waals surface area (Å²) in [6.07, 6.45) is -4.43. The van der Waals surface area contributed by atoms with Gasteiger partial charge in [0.2, 0.25) is 17.6 Å². The SMILES string of the molecule is CC(=O)N[C@H](Cc1ccccc1F)C(=O)N1CCN(Cc2cccc(-c3noc(-c4cccc(C(F)(F)F)c4)n3)c2)CC1. The van der Waals surface area contributed by atoms with Crippen molar-refractivity contribution >= 4 is 11.8 Å². The summed E-state index contributed by atoms with van der Waals surface area (Å²) in [4.78, 5) is 33.2. The van der Waals surface area contributed by atoms with Crippen molar-refractivity contribution in [2.24, 2.45) is 0 Å². The molecule has 0 radical (unpaired) electrons. The van der Waals surface area contributed by atoms with Crippen LogP contribution in [0.2, 0.25) is 0 Å². The van der Waals surface area contributed by atoms with E-state index in [-0.39, 0.29) is 35.5 Å². The number of hydrogen-bond donors (Lipinski definition) is 1. The van der Waals surface area contributed by atoms with Crippen molar-refractivity contribution in [3.8, 4) is 22.8 Å². The molecular weight excluding hydrogens is 566 g/mol. The molecule has 4 aromatic rings. The Labute approximate surface area is 245 Å². The molecule has 3 aromatic carbocycles. The number of carbonyl (C=O) groups is 2. The average Bonchev–Trinajstić information content (AvgIpc) is 3.48. The van der Waals surface area contributed by atoms with Crippen molar-refractivity contribution in [1.82, 2.24) is 25.3 Å². The zero-order valence-electron chi connectivity index (χ0n) is 23.3. The van der Waals surface area contributed by atoms with Gasteiger partial charge >= 0.3 is 6.18 Å². The van der Waals surface area contributed by atoms with Gasteiger partial charge in [-0.3, -0.25) is 14.5 Å². The number of piperazine rings is 1. The maximum absolute atomic E-state index is 14.2. The lowest BCUT2D eigenvalue weighted by Gasteiger charge is -2.36. The number of carbonyl (C=O) groups excluding carboxylic acids is 2. The van der Waals surface area contributed by atoms with E-state index in [1.807, 2.05) is 18.2 Å². The maximum atomic E-state index is 14.2. The van der Waals surface area contributed by atoms with Crippen molar-refractivity contribution in [3.05, 3.63) is 95.3 Å². The minimum absolute atomic E-state index is 0.0140. The lowest BCUT2D eigenvalue weighted by Crippen LogP contribution is -2.55. The first-order chi connectivity index (χ1) is 20.6. The highest BCUT2D eigenvalue weighted by Crippen LogP contribution is 2.32. The fourth-order valence-electron chi connectivity index (χ4n) is 5.03. The van der Waals surface area contributed by atoms with Gasteiger partial charge < -0.3 is 14.7 Å². The molecule has 0 aliphatic carbocycles. The number of benzene rings is 3. The zero-order valence-corrected chi connectivity index (χ0v) is 23.3. The molecule has 12 heteroatoms. The largest absolute Gasteiger partial charge is 0.416 e. The van der Waals surface area contributed by atoms with Gasteiger partial charge in [0.15, 0.2) is 0 Å². The molecule has 43 heavy (non-hydrogen) atoms. The van der Waals surface area contributed by atoms with E-state index < -0.39 is 23.6 Å². The first-order valence-electron chi connectivity index (χ1n) is 13.7.